The standard InChI is InChI=1S/C19H19N5O2/c1-22-16(6-8-21-22)18(26)23-9-7-19(12-23)10-17(25)24(13-19)15-4-2-14(11-20)3-5-15/h2-6,8H,7,9-10,12-13H2,1H3/t19-/m0/s1. The van der Waals surface area contributed by atoms with Crippen molar-refractivity contribution in [3.05, 3.63) is 47.8 Å². The first kappa shape index (κ1) is 16.3. The number of nitriles is 1. The lowest BCUT2D eigenvalue weighted by atomic mass is 9.86. The van der Waals surface area contributed by atoms with E-state index in [0.717, 1.165) is 12.1 Å². The van der Waals surface area contributed by atoms with Crippen LogP contribution in [0.1, 0.15) is 28.9 Å². The largest absolute Gasteiger partial charge is 0.337 e. The number of benzene rings is 1. The molecule has 2 aromatic rings. The second-order valence-corrected chi connectivity index (χ2v) is 7.13. The normalized spacial score (nSPS) is 22.2. The van der Waals surface area contributed by atoms with Crippen LogP contribution in [0.25, 0.3) is 0 Å². The van der Waals surface area contributed by atoms with E-state index in [1.165, 1.54) is 0 Å². The van der Waals surface area contributed by atoms with Crippen molar-refractivity contribution in [3.8, 4) is 6.07 Å². The van der Waals surface area contributed by atoms with Crippen molar-refractivity contribution in [2.45, 2.75) is 12.8 Å². The summed E-state index contributed by atoms with van der Waals surface area (Å²) in [6, 6.07) is 10.9. The van der Waals surface area contributed by atoms with Gasteiger partial charge in [0, 0.05) is 50.4 Å². The van der Waals surface area contributed by atoms with Gasteiger partial charge in [0.05, 0.1) is 11.6 Å². The Labute approximate surface area is 151 Å². The van der Waals surface area contributed by atoms with Crippen LogP contribution in [0.4, 0.5) is 5.69 Å². The van der Waals surface area contributed by atoms with Crippen LogP contribution in [0, 0.1) is 16.7 Å². The van der Waals surface area contributed by atoms with E-state index in [2.05, 4.69) is 11.2 Å². The minimum absolute atomic E-state index is 0.0360. The topological polar surface area (TPSA) is 82.2 Å². The Kier molecular flexibility index (Phi) is 3.76. The second-order valence-electron chi connectivity index (χ2n) is 7.13. The molecule has 0 bridgehead atoms. The lowest BCUT2D eigenvalue weighted by Gasteiger charge is -2.24. The Morgan fingerprint density at radius 2 is 2.00 bits per heavy atom. The van der Waals surface area contributed by atoms with Crippen molar-refractivity contribution in [2.75, 3.05) is 24.5 Å². The summed E-state index contributed by atoms with van der Waals surface area (Å²) in [5.41, 5.74) is 1.75. The van der Waals surface area contributed by atoms with Crippen molar-refractivity contribution >= 4 is 17.5 Å². The summed E-state index contributed by atoms with van der Waals surface area (Å²) < 4.78 is 1.58. The van der Waals surface area contributed by atoms with Gasteiger partial charge in [0.25, 0.3) is 5.91 Å². The highest BCUT2D eigenvalue weighted by atomic mass is 16.2. The molecule has 0 unspecified atom stereocenters. The Morgan fingerprint density at radius 1 is 1.23 bits per heavy atom. The number of nitrogens with zero attached hydrogens (tertiary/aromatic N) is 5. The number of anilines is 1. The zero-order valence-electron chi connectivity index (χ0n) is 14.6. The van der Waals surface area contributed by atoms with Gasteiger partial charge in [-0.25, -0.2) is 0 Å². The van der Waals surface area contributed by atoms with Crippen LogP contribution >= 0.6 is 0 Å². The first-order chi connectivity index (χ1) is 12.5. The maximum Gasteiger partial charge on any atom is 0.272 e. The Morgan fingerprint density at radius 3 is 2.65 bits per heavy atom. The van der Waals surface area contributed by atoms with E-state index in [9.17, 15) is 9.59 Å². The van der Waals surface area contributed by atoms with Gasteiger partial charge >= 0.3 is 0 Å². The van der Waals surface area contributed by atoms with E-state index < -0.39 is 0 Å². The SMILES string of the molecule is Cn1nccc1C(=O)N1CC[C@]2(CC(=O)N(c3ccc(C#N)cc3)C2)C1. The van der Waals surface area contributed by atoms with Crippen LogP contribution in [-0.4, -0.2) is 46.1 Å². The van der Waals surface area contributed by atoms with Gasteiger partial charge in [-0.05, 0) is 36.8 Å². The fourth-order valence-corrected chi connectivity index (χ4v) is 3.97. The van der Waals surface area contributed by atoms with E-state index in [1.807, 2.05) is 17.0 Å². The first-order valence-electron chi connectivity index (χ1n) is 8.59. The van der Waals surface area contributed by atoms with Crippen molar-refractivity contribution in [1.29, 1.82) is 5.26 Å². The Balaban J connectivity index is 1.50. The van der Waals surface area contributed by atoms with Crippen LogP contribution in [0.3, 0.4) is 0 Å². The van der Waals surface area contributed by atoms with Gasteiger partial charge < -0.3 is 9.80 Å². The van der Waals surface area contributed by atoms with Crippen LogP contribution < -0.4 is 4.90 Å². The summed E-state index contributed by atoms with van der Waals surface area (Å²) in [5.74, 6) is 0.0377. The number of carbonyl (C=O) groups excluding carboxylic acids is 2. The molecule has 0 aliphatic carbocycles. The summed E-state index contributed by atoms with van der Waals surface area (Å²) in [7, 11) is 1.75. The average molecular weight is 349 g/mol. The zero-order valence-corrected chi connectivity index (χ0v) is 14.6. The molecule has 0 radical (unpaired) electrons. The molecule has 2 aliphatic rings. The molecule has 132 valence electrons. The monoisotopic (exact) mass is 349 g/mol. The first-order valence-corrected chi connectivity index (χ1v) is 8.59. The third-order valence-corrected chi connectivity index (χ3v) is 5.39. The zero-order chi connectivity index (χ0) is 18.3. The van der Waals surface area contributed by atoms with E-state index in [0.29, 0.717) is 37.3 Å². The average Bonchev–Trinajstić information content (AvgIpc) is 3.34. The number of amides is 2. The van der Waals surface area contributed by atoms with Gasteiger partial charge in [-0.15, -0.1) is 0 Å². The van der Waals surface area contributed by atoms with Crippen LogP contribution in [0.15, 0.2) is 36.5 Å². The van der Waals surface area contributed by atoms with Crippen molar-refractivity contribution in [3.63, 3.8) is 0 Å². The molecule has 4 rings (SSSR count). The molecule has 1 atom stereocenters. The lowest BCUT2D eigenvalue weighted by molar-refractivity contribution is -0.117. The van der Waals surface area contributed by atoms with Crippen molar-refractivity contribution in [1.82, 2.24) is 14.7 Å². The van der Waals surface area contributed by atoms with Gasteiger partial charge in [-0.2, -0.15) is 10.4 Å². The van der Waals surface area contributed by atoms with Crippen LogP contribution in [0.2, 0.25) is 0 Å². The number of rotatable bonds is 2. The van der Waals surface area contributed by atoms with E-state index in [4.69, 9.17) is 5.26 Å². The smallest absolute Gasteiger partial charge is 0.272 e. The van der Waals surface area contributed by atoms with Crippen LogP contribution in [-0.2, 0) is 11.8 Å². The molecule has 2 fully saturated rings. The van der Waals surface area contributed by atoms with E-state index >= 15 is 0 Å². The van der Waals surface area contributed by atoms with Crippen LogP contribution in [0.5, 0.6) is 0 Å². The molecule has 3 heterocycles. The molecule has 1 aromatic heterocycles. The number of likely N-dealkylation sites (tertiary alicyclic amines) is 1. The number of aryl methyl sites for hydroxylation is 1. The van der Waals surface area contributed by atoms with Crippen molar-refractivity contribution in [2.24, 2.45) is 12.5 Å². The highest BCUT2D eigenvalue weighted by Crippen LogP contribution is 2.42. The minimum Gasteiger partial charge on any atom is -0.337 e. The summed E-state index contributed by atoms with van der Waals surface area (Å²) in [6.07, 6.45) is 2.88. The molecule has 2 amide bonds. The fraction of sp³-hybridized carbons (Fsp3) is 0.368. The molecule has 1 aromatic carbocycles. The van der Waals surface area contributed by atoms with Gasteiger partial charge in [-0.1, -0.05) is 0 Å². The quantitative estimate of drug-likeness (QED) is 0.824. The lowest BCUT2D eigenvalue weighted by Crippen LogP contribution is -2.35. The van der Waals surface area contributed by atoms with Gasteiger partial charge in [-0.3, -0.25) is 14.3 Å². The maximum atomic E-state index is 12.7. The highest BCUT2D eigenvalue weighted by molar-refractivity contribution is 5.97. The third kappa shape index (κ3) is 2.64. The number of hydrogen-bond acceptors (Lipinski definition) is 4. The Bertz CT molecular complexity index is 911. The predicted molar refractivity (Wildman–Crippen MR) is 94.3 cm³/mol. The molecule has 2 saturated heterocycles. The van der Waals surface area contributed by atoms with Gasteiger partial charge in [0.1, 0.15) is 5.69 Å². The highest BCUT2D eigenvalue weighted by Gasteiger charge is 2.49. The molecule has 26 heavy (non-hydrogen) atoms. The van der Waals surface area contributed by atoms with E-state index in [-0.39, 0.29) is 17.2 Å². The molecular formula is C19H19N5O2. The maximum absolute atomic E-state index is 12.7. The molecular weight excluding hydrogens is 330 g/mol. The fourth-order valence-electron chi connectivity index (χ4n) is 3.97. The molecule has 0 N–H and O–H groups in total. The summed E-state index contributed by atoms with van der Waals surface area (Å²) in [4.78, 5) is 28.9. The number of aromatic nitrogens is 2. The predicted octanol–water partition coefficient (Wildman–Crippen LogP) is 1.56. The summed E-state index contributed by atoms with van der Waals surface area (Å²) >= 11 is 0. The molecule has 0 saturated carbocycles. The van der Waals surface area contributed by atoms with Gasteiger partial charge in [0.2, 0.25) is 5.91 Å². The van der Waals surface area contributed by atoms with Crippen molar-refractivity contribution < 1.29 is 9.59 Å². The number of carbonyl (C=O) groups is 2. The molecule has 7 heteroatoms. The summed E-state index contributed by atoms with van der Waals surface area (Å²) in [6.45, 7) is 1.83. The Hall–Kier alpha value is -3.14. The van der Waals surface area contributed by atoms with E-state index in [1.54, 1.807) is 41.0 Å². The van der Waals surface area contributed by atoms with Gasteiger partial charge in [0.15, 0.2) is 0 Å². The number of hydrogen-bond donors (Lipinski definition) is 0. The molecule has 2 aliphatic heterocycles. The summed E-state index contributed by atoms with van der Waals surface area (Å²) in [5, 5.41) is 13.0. The molecule has 1 spiro atoms. The third-order valence-electron chi connectivity index (χ3n) is 5.39. The molecule has 7 nitrogen and oxygen atoms in total. The minimum atomic E-state index is -0.195. The second kappa shape index (κ2) is 5.99.